The molecule has 0 heterocycles. The summed E-state index contributed by atoms with van der Waals surface area (Å²) in [6, 6.07) is 13.2. The molecule has 1 atom stereocenters. The highest BCUT2D eigenvalue weighted by atomic mass is 19.1. The van der Waals surface area contributed by atoms with Crippen molar-refractivity contribution in [2.45, 2.75) is 19.4 Å². The van der Waals surface area contributed by atoms with Crippen molar-refractivity contribution in [2.75, 3.05) is 5.73 Å². The summed E-state index contributed by atoms with van der Waals surface area (Å²) in [7, 11) is 0. The van der Waals surface area contributed by atoms with Crippen molar-refractivity contribution in [1.82, 2.24) is 5.32 Å². The van der Waals surface area contributed by atoms with E-state index in [1.165, 1.54) is 6.07 Å². The molecule has 3 N–H and O–H groups in total. The number of halogens is 1. The summed E-state index contributed by atoms with van der Waals surface area (Å²) in [4.78, 5) is 11.9. The molecule has 0 saturated carbocycles. The highest BCUT2D eigenvalue weighted by Crippen LogP contribution is 2.16. The van der Waals surface area contributed by atoms with Crippen LogP contribution in [0.25, 0.3) is 0 Å². The molecule has 0 aromatic heterocycles. The minimum atomic E-state index is -0.371. The maximum Gasteiger partial charge on any atom is 0.224 e. The third-order valence-corrected chi connectivity index (χ3v) is 3.06. The van der Waals surface area contributed by atoms with Crippen molar-refractivity contribution in [3.63, 3.8) is 0 Å². The topological polar surface area (TPSA) is 55.1 Å². The lowest BCUT2D eigenvalue weighted by Gasteiger charge is -2.15. The van der Waals surface area contributed by atoms with Crippen LogP contribution in [0.1, 0.15) is 24.1 Å². The number of anilines is 1. The number of carbonyl (C=O) groups is 1. The fourth-order valence-corrected chi connectivity index (χ4v) is 2.09. The summed E-state index contributed by atoms with van der Waals surface area (Å²) in [6.45, 7) is 1.76. The fourth-order valence-electron chi connectivity index (χ4n) is 2.09. The first kappa shape index (κ1) is 14.1. The van der Waals surface area contributed by atoms with Gasteiger partial charge in [0.25, 0.3) is 0 Å². The van der Waals surface area contributed by atoms with Crippen molar-refractivity contribution < 1.29 is 9.18 Å². The number of hydrogen-bond donors (Lipinski definition) is 2. The van der Waals surface area contributed by atoms with Crippen LogP contribution in [-0.2, 0) is 11.2 Å². The number of nitrogens with two attached hydrogens (primary N) is 1. The Morgan fingerprint density at radius 2 is 2.00 bits per heavy atom. The van der Waals surface area contributed by atoms with Crippen molar-refractivity contribution >= 4 is 11.6 Å². The first-order valence-electron chi connectivity index (χ1n) is 6.44. The number of nitrogens with one attached hydrogen (secondary N) is 1. The van der Waals surface area contributed by atoms with E-state index in [4.69, 9.17) is 5.73 Å². The van der Waals surface area contributed by atoms with Gasteiger partial charge in [0.2, 0.25) is 5.91 Å². The van der Waals surface area contributed by atoms with Crippen LogP contribution in [-0.4, -0.2) is 5.91 Å². The second-order valence-electron chi connectivity index (χ2n) is 4.73. The average Bonchev–Trinajstić information content (AvgIpc) is 2.38. The molecule has 0 bridgehead atoms. The molecule has 0 spiro atoms. The van der Waals surface area contributed by atoms with E-state index in [1.54, 1.807) is 43.3 Å². The van der Waals surface area contributed by atoms with Gasteiger partial charge < -0.3 is 11.1 Å². The zero-order valence-corrected chi connectivity index (χ0v) is 11.3. The van der Waals surface area contributed by atoms with Crippen LogP contribution in [0.4, 0.5) is 10.1 Å². The van der Waals surface area contributed by atoms with Crippen molar-refractivity contribution in [3.05, 3.63) is 65.5 Å². The van der Waals surface area contributed by atoms with Gasteiger partial charge >= 0.3 is 0 Å². The van der Waals surface area contributed by atoms with Crippen LogP contribution in [0.3, 0.4) is 0 Å². The number of nitrogen functional groups attached to an aromatic ring is 1. The molecule has 1 amide bonds. The Bertz CT molecular complexity index is 613. The zero-order chi connectivity index (χ0) is 14.5. The molecule has 3 nitrogen and oxygen atoms in total. The summed E-state index contributed by atoms with van der Waals surface area (Å²) in [5.74, 6) is -0.476. The Balaban J connectivity index is 2.00. The first-order chi connectivity index (χ1) is 9.56. The van der Waals surface area contributed by atoms with E-state index < -0.39 is 0 Å². The molecule has 0 aliphatic heterocycles. The number of rotatable bonds is 4. The normalized spacial score (nSPS) is 11.9. The van der Waals surface area contributed by atoms with E-state index >= 15 is 0 Å². The van der Waals surface area contributed by atoms with Gasteiger partial charge in [0, 0.05) is 11.3 Å². The van der Waals surface area contributed by atoms with E-state index in [2.05, 4.69) is 5.32 Å². The van der Waals surface area contributed by atoms with E-state index in [0.717, 1.165) is 5.56 Å². The van der Waals surface area contributed by atoms with Gasteiger partial charge in [-0.2, -0.15) is 0 Å². The summed E-state index contributed by atoms with van der Waals surface area (Å²) in [5.41, 5.74) is 7.60. The molecule has 2 aromatic carbocycles. The van der Waals surface area contributed by atoms with Crippen LogP contribution in [0.5, 0.6) is 0 Å². The van der Waals surface area contributed by atoms with Gasteiger partial charge in [-0.25, -0.2) is 4.39 Å². The Labute approximate surface area is 117 Å². The van der Waals surface area contributed by atoms with E-state index in [9.17, 15) is 9.18 Å². The Hall–Kier alpha value is -2.36. The van der Waals surface area contributed by atoms with Crippen molar-refractivity contribution in [2.24, 2.45) is 0 Å². The van der Waals surface area contributed by atoms with Gasteiger partial charge in [-0.05, 0) is 30.7 Å². The predicted octanol–water partition coefficient (Wildman–Crippen LogP) is 2.83. The third-order valence-electron chi connectivity index (χ3n) is 3.06. The molecule has 0 radical (unpaired) electrons. The van der Waals surface area contributed by atoms with Crippen LogP contribution < -0.4 is 11.1 Å². The van der Waals surface area contributed by atoms with Crippen molar-refractivity contribution in [3.8, 4) is 0 Å². The summed E-state index contributed by atoms with van der Waals surface area (Å²) in [6.07, 6.45) is 0.226. The minimum Gasteiger partial charge on any atom is -0.399 e. The molecule has 104 valence electrons. The second-order valence-corrected chi connectivity index (χ2v) is 4.73. The number of benzene rings is 2. The van der Waals surface area contributed by atoms with Crippen LogP contribution in [0, 0.1) is 5.82 Å². The van der Waals surface area contributed by atoms with E-state index in [1.807, 2.05) is 6.07 Å². The number of carbonyl (C=O) groups excluding carboxylic acids is 1. The first-order valence-corrected chi connectivity index (χ1v) is 6.44. The molecule has 2 aromatic rings. The van der Waals surface area contributed by atoms with Gasteiger partial charge in [-0.15, -0.1) is 0 Å². The monoisotopic (exact) mass is 272 g/mol. The third kappa shape index (κ3) is 3.57. The molecule has 4 heteroatoms. The van der Waals surface area contributed by atoms with Crippen LogP contribution >= 0.6 is 0 Å². The highest BCUT2D eigenvalue weighted by molar-refractivity contribution is 5.79. The molecule has 0 saturated heterocycles. The average molecular weight is 272 g/mol. The predicted molar refractivity (Wildman–Crippen MR) is 77.5 cm³/mol. The molecule has 0 aliphatic carbocycles. The second kappa shape index (κ2) is 6.19. The molecular weight excluding hydrogens is 255 g/mol. The molecule has 0 aliphatic rings. The SMILES string of the molecule is C[C@@H](NC(=O)Cc1cccc(N)c1)c1ccccc1F. The van der Waals surface area contributed by atoms with Gasteiger partial charge in [0.15, 0.2) is 0 Å². The number of hydrogen-bond acceptors (Lipinski definition) is 2. The summed E-state index contributed by atoms with van der Waals surface area (Å²) >= 11 is 0. The smallest absolute Gasteiger partial charge is 0.224 e. The molecule has 2 rings (SSSR count). The highest BCUT2D eigenvalue weighted by Gasteiger charge is 2.13. The minimum absolute atomic E-state index is 0.161. The lowest BCUT2D eigenvalue weighted by Crippen LogP contribution is -2.28. The standard InChI is InChI=1S/C16H17FN2O/c1-11(14-7-2-3-8-15(14)17)19-16(20)10-12-5-4-6-13(18)9-12/h2-9,11H,10,18H2,1H3,(H,19,20)/t11-/m1/s1. The lowest BCUT2D eigenvalue weighted by molar-refractivity contribution is -0.121. The zero-order valence-electron chi connectivity index (χ0n) is 11.3. The maximum absolute atomic E-state index is 13.6. The Morgan fingerprint density at radius 3 is 2.70 bits per heavy atom. The summed E-state index contributed by atoms with van der Waals surface area (Å²) in [5, 5.41) is 2.79. The quantitative estimate of drug-likeness (QED) is 0.841. The Kier molecular flexibility index (Phi) is 4.35. The van der Waals surface area contributed by atoms with Gasteiger partial charge in [-0.1, -0.05) is 30.3 Å². The Morgan fingerprint density at radius 1 is 1.25 bits per heavy atom. The van der Waals surface area contributed by atoms with Gasteiger partial charge in [0.05, 0.1) is 12.5 Å². The van der Waals surface area contributed by atoms with Crippen molar-refractivity contribution in [1.29, 1.82) is 0 Å². The van der Waals surface area contributed by atoms with E-state index in [0.29, 0.717) is 11.3 Å². The van der Waals surface area contributed by atoms with E-state index in [-0.39, 0.29) is 24.2 Å². The largest absolute Gasteiger partial charge is 0.399 e. The number of amides is 1. The molecule has 0 unspecified atom stereocenters. The fraction of sp³-hybridized carbons (Fsp3) is 0.188. The molecule has 20 heavy (non-hydrogen) atoms. The lowest BCUT2D eigenvalue weighted by atomic mass is 10.1. The van der Waals surface area contributed by atoms with Gasteiger partial charge in [0.1, 0.15) is 5.82 Å². The molecule has 0 fully saturated rings. The maximum atomic E-state index is 13.6. The summed E-state index contributed by atoms with van der Waals surface area (Å²) < 4.78 is 13.6. The van der Waals surface area contributed by atoms with Crippen LogP contribution in [0.2, 0.25) is 0 Å². The van der Waals surface area contributed by atoms with Crippen LogP contribution in [0.15, 0.2) is 48.5 Å². The molecular formula is C16H17FN2O. The van der Waals surface area contributed by atoms with Gasteiger partial charge in [-0.3, -0.25) is 4.79 Å².